The van der Waals surface area contributed by atoms with Crippen LogP contribution in [-0.2, 0) is 21.6 Å². The third kappa shape index (κ3) is 4.54. The fourth-order valence-electron chi connectivity index (χ4n) is 4.53. The second kappa shape index (κ2) is 9.55. The first-order chi connectivity index (χ1) is 15.5. The molecule has 0 N–H and O–H groups in total. The lowest BCUT2D eigenvalue weighted by atomic mass is 9.69. The first kappa shape index (κ1) is 22.1. The summed E-state index contributed by atoms with van der Waals surface area (Å²) in [6.07, 6.45) is 7.95. The third-order valence-electron chi connectivity index (χ3n) is 6.24. The van der Waals surface area contributed by atoms with Crippen molar-refractivity contribution in [2.75, 3.05) is 6.61 Å². The number of carbonyl (C=O) groups is 1. The molecule has 0 unspecified atom stereocenters. The van der Waals surface area contributed by atoms with Crippen LogP contribution in [0, 0.1) is 12.7 Å². The molecule has 1 aromatic heterocycles. The number of hydrogen-bond donors (Lipinski definition) is 0. The maximum absolute atomic E-state index is 14.5. The Morgan fingerprint density at radius 3 is 2.53 bits per heavy atom. The van der Waals surface area contributed by atoms with Gasteiger partial charge < -0.3 is 14.0 Å². The van der Waals surface area contributed by atoms with Gasteiger partial charge in [0, 0.05) is 24.1 Å². The van der Waals surface area contributed by atoms with Gasteiger partial charge in [0.1, 0.15) is 24.0 Å². The summed E-state index contributed by atoms with van der Waals surface area (Å²) in [6, 6.07) is 12.6. The van der Waals surface area contributed by atoms with Crippen molar-refractivity contribution in [1.29, 1.82) is 0 Å². The third-order valence-corrected chi connectivity index (χ3v) is 6.24. The molecule has 1 aliphatic rings. The van der Waals surface area contributed by atoms with Gasteiger partial charge >= 0.3 is 5.97 Å². The molecule has 0 saturated heterocycles. The van der Waals surface area contributed by atoms with Crippen LogP contribution >= 0.6 is 0 Å². The number of aryl methyl sites for hydroxylation is 1. The summed E-state index contributed by atoms with van der Waals surface area (Å²) in [5.74, 6) is 0.669. The van der Waals surface area contributed by atoms with Crippen molar-refractivity contribution in [2.24, 2.45) is 0 Å². The van der Waals surface area contributed by atoms with Gasteiger partial charge in [-0.2, -0.15) is 0 Å². The van der Waals surface area contributed by atoms with Crippen LogP contribution in [0.4, 0.5) is 4.39 Å². The summed E-state index contributed by atoms with van der Waals surface area (Å²) in [7, 11) is 0. The van der Waals surface area contributed by atoms with E-state index in [9.17, 15) is 9.18 Å². The van der Waals surface area contributed by atoms with Gasteiger partial charge in [0.2, 0.25) is 0 Å². The fourth-order valence-corrected chi connectivity index (χ4v) is 4.53. The van der Waals surface area contributed by atoms with Crippen molar-refractivity contribution >= 4 is 5.97 Å². The number of rotatable bonds is 7. The summed E-state index contributed by atoms with van der Waals surface area (Å²) < 4.78 is 27.9. The first-order valence-electron chi connectivity index (χ1n) is 11.2. The van der Waals surface area contributed by atoms with Gasteiger partial charge in [-0.15, -0.1) is 0 Å². The van der Waals surface area contributed by atoms with E-state index in [1.54, 1.807) is 19.2 Å². The van der Waals surface area contributed by atoms with Crippen molar-refractivity contribution in [1.82, 2.24) is 9.55 Å². The minimum Gasteiger partial charge on any atom is -0.489 e. The smallest absolute Gasteiger partial charge is 0.316 e. The molecule has 5 nitrogen and oxygen atoms in total. The molecule has 4 rings (SSSR count). The van der Waals surface area contributed by atoms with E-state index in [-0.39, 0.29) is 5.97 Å². The zero-order valence-electron chi connectivity index (χ0n) is 18.6. The molecule has 1 fully saturated rings. The molecule has 2 aromatic carbocycles. The van der Waals surface area contributed by atoms with E-state index in [0.717, 1.165) is 36.3 Å². The molecule has 168 valence electrons. The number of aromatic nitrogens is 2. The molecule has 1 heterocycles. The van der Waals surface area contributed by atoms with Gasteiger partial charge in [-0.05, 0) is 62.1 Å². The van der Waals surface area contributed by atoms with Gasteiger partial charge in [-0.3, -0.25) is 4.79 Å². The van der Waals surface area contributed by atoms with Crippen LogP contribution in [0.25, 0.3) is 5.69 Å². The van der Waals surface area contributed by atoms with Crippen molar-refractivity contribution in [2.45, 2.75) is 58.0 Å². The Labute approximate surface area is 188 Å². The molecule has 3 aromatic rings. The zero-order chi connectivity index (χ0) is 22.6. The van der Waals surface area contributed by atoms with E-state index in [4.69, 9.17) is 9.47 Å². The van der Waals surface area contributed by atoms with Crippen molar-refractivity contribution in [3.63, 3.8) is 0 Å². The average molecular weight is 437 g/mol. The van der Waals surface area contributed by atoms with E-state index >= 15 is 0 Å². The van der Waals surface area contributed by atoms with E-state index in [2.05, 4.69) is 4.98 Å². The minimum absolute atomic E-state index is 0.262. The predicted octanol–water partition coefficient (Wildman–Crippen LogP) is 5.66. The van der Waals surface area contributed by atoms with Crippen molar-refractivity contribution in [3.05, 3.63) is 77.6 Å². The second-order valence-electron chi connectivity index (χ2n) is 8.34. The Hall–Kier alpha value is -3.15. The normalized spacial score (nSPS) is 15.3. The molecule has 0 amide bonds. The van der Waals surface area contributed by atoms with Crippen molar-refractivity contribution in [3.8, 4) is 11.4 Å². The molecule has 0 aliphatic heterocycles. The Morgan fingerprint density at radius 1 is 1.12 bits per heavy atom. The summed E-state index contributed by atoms with van der Waals surface area (Å²) in [5.41, 5.74) is 1.84. The molecule has 0 atom stereocenters. The molecule has 1 aliphatic carbocycles. The molecule has 0 bridgehead atoms. The standard InChI is InChI=1S/C26H29FN2O3/c1-3-31-25(30)26(11-5-4-6-12-26)21-15-22(27)17-24(16-21)32-18-20-7-9-23(10-8-20)29-14-13-28-19(29)2/h7-10,13-17H,3-6,11-12,18H2,1-2H3. The van der Waals surface area contributed by atoms with Crippen molar-refractivity contribution < 1.29 is 18.7 Å². The zero-order valence-corrected chi connectivity index (χ0v) is 18.6. The Morgan fingerprint density at radius 2 is 1.88 bits per heavy atom. The quantitative estimate of drug-likeness (QED) is 0.448. The highest BCUT2D eigenvalue weighted by Crippen LogP contribution is 2.42. The maximum Gasteiger partial charge on any atom is 0.316 e. The van der Waals surface area contributed by atoms with Gasteiger partial charge in [0.25, 0.3) is 0 Å². The van der Waals surface area contributed by atoms with E-state index in [1.807, 2.05) is 42.0 Å². The fraction of sp³-hybridized carbons (Fsp3) is 0.385. The van der Waals surface area contributed by atoms with Crippen LogP contribution < -0.4 is 4.74 Å². The van der Waals surface area contributed by atoms with Gasteiger partial charge in [-0.1, -0.05) is 31.4 Å². The Kier molecular flexibility index (Phi) is 6.58. The topological polar surface area (TPSA) is 53.4 Å². The lowest BCUT2D eigenvalue weighted by Gasteiger charge is -2.35. The molecular formula is C26H29FN2O3. The predicted molar refractivity (Wildman–Crippen MR) is 120 cm³/mol. The number of esters is 1. The van der Waals surface area contributed by atoms with Crippen LogP contribution in [0.3, 0.4) is 0 Å². The average Bonchev–Trinajstić information content (AvgIpc) is 3.24. The van der Waals surface area contributed by atoms with E-state index in [1.165, 1.54) is 12.1 Å². The number of nitrogens with zero attached hydrogens (tertiary/aromatic N) is 2. The Bertz CT molecular complexity index is 1070. The highest BCUT2D eigenvalue weighted by molar-refractivity contribution is 5.83. The van der Waals surface area contributed by atoms with Gasteiger partial charge in [0.05, 0.1) is 12.0 Å². The number of ether oxygens (including phenoxy) is 2. The number of imidazole rings is 1. The molecular weight excluding hydrogens is 407 g/mol. The summed E-state index contributed by atoms with van der Waals surface area (Å²) in [6.45, 7) is 4.37. The maximum atomic E-state index is 14.5. The van der Waals surface area contributed by atoms with Crippen LogP contribution in [0.2, 0.25) is 0 Å². The SMILES string of the molecule is CCOC(=O)C1(c2cc(F)cc(OCc3ccc(-n4ccnc4C)cc3)c2)CCCCC1. The van der Waals surface area contributed by atoms with Gasteiger partial charge in [0.15, 0.2) is 0 Å². The molecule has 6 heteroatoms. The first-order valence-corrected chi connectivity index (χ1v) is 11.2. The van der Waals surface area contributed by atoms with Gasteiger partial charge in [-0.25, -0.2) is 9.37 Å². The number of hydrogen-bond acceptors (Lipinski definition) is 4. The number of carbonyl (C=O) groups excluding carboxylic acids is 1. The lowest BCUT2D eigenvalue weighted by molar-refractivity contribution is -0.151. The largest absolute Gasteiger partial charge is 0.489 e. The summed E-state index contributed by atoms with van der Waals surface area (Å²) in [5, 5.41) is 0. The highest BCUT2D eigenvalue weighted by atomic mass is 19.1. The van der Waals surface area contributed by atoms with Crippen LogP contribution in [0.1, 0.15) is 56.0 Å². The lowest BCUT2D eigenvalue weighted by Crippen LogP contribution is -2.39. The molecule has 0 radical (unpaired) electrons. The number of benzene rings is 2. The molecule has 1 saturated carbocycles. The Balaban J connectivity index is 1.52. The summed E-state index contributed by atoms with van der Waals surface area (Å²) in [4.78, 5) is 17.1. The van der Waals surface area contributed by atoms with Crippen LogP contribution in [-0.4, -0.2) is 22.1 Å². The highest BCUT2D eigenvalue weighted by Gasteiger charge is 2.43. The number of halogens is 1. The van der Waals surface area contributed by atoms with E-state index < -0.39 is 11.2 Å². The van der Waals surface area contributed by atoms with Crippen LogP contribution in [0.15, 0.2) is 54.9 Å². The molecule has 32 heavy (non-hydrogen) atoms. The monoisotopic (exact) mass is 436 g/mol. The minimum atomic E-state index is -0.793. The van der Waals surface area contributed by atoms with E-state index in [0.29, 0.717) is 37.4 Å². The molecule has 0 spiro atoms. The summed E-state index contributed by atoms with van der Waals surface area (Å²) >= 11 is 0. The second-order valence-corrected chi connectivity index (χ2v) is 8.34. The van der Waals surface area contributed by atoms with Crippen LogP contribution in [0.5, 0.6) is 5.75 Å².